The van der Waals surface area contributed by atoms with E-state index in [1.807, 2.05) is 0 Å². The van der Waals surface area contributed by atoms with E-state index in [0.29, 0.717) is 6.10 Å². The average Bonchev–Trinajstić information content (AvgIpc) is 2.17. The van der Waals surface area contributed by atoms with Gasteiger partial charge in [-0.1, -0.05) is 12.0 Å². The highest BCUT2D eigenvalue weighted by atomic mass is 16.5. The van der Waals surface area contributed by atoms with Crippen molar-refractivity contribution in [2.75, 3.05) is 0 Å². The summed E-state index contributed by atoms with van der Waals surface area (Å²) < 4.78 is 6.07. The Kier molecular flexibility index (Phi) is 4.93. The molecule has 0 aliphatic heterocycles. The zero-order valence-electron chi connectivity index (χ0n) is 10.6. The second kappa shape index (κ2) is 5.99. The first-order valence-electron chi connectivity index (χ1n) is 6.08. The van der Waals surface area contributed by atoms with Gasteiger partial charge in [0.15, 0.2) is 0 Å². The fourth-order valence-corrected chi connectivity index (χ4v) is 1.92. The van der Waals surface area contributed by atoms with E-state index in [4.69, 9.17) is 4.74 Å². The number of allylic oxidation sites excluding steroid dienone is 3. The molecule has 1 fully saturated rings. The zero-order chi connectivity index (χ0) is 11.3. The SMILES string of the molecule is CC(C)=CC(OC1CCCCC1)=C(C)C. The Labute approximate surface area is 94.2 Å². The fourth-order valence-electron chi connectivity index (χ4n) is 1.92. The third-order valence-electron chi connectivity index (χ3n) is 2.76. The van der Waals surface area contributed by atoms with Crippen molar-refractivity contribution in [3.8, 4) is 0 Å². The van der Waals surface area contributed by atoms with Gasteiger partial charge in [-0.05, 0) is 65.0 Å². The summed E-state index contributed by atoms with van der Waals surface area (Å²) in [4.78, 5) is 0. The molecule has 1 saturated carbocycles. The van der Waals surface area contributed by atoms with Crippen molar-refractivity contribution in [3.05, 3.63) is 23.0 Å². The predicted molar refractivity (Wildman–Crippen MR) is 65.8 cm³/mol. The summed E-state index contributed by atoms with van der Waals surface area (Å²) in [7, 11) is 0. The molecular weight excluding hydrogens is 184 g/mol. The van der Waals surface area contributed by atoms with Crippen LogP contribution in [0.2, 0.25) is 0 Å². The predicted octanol–water partition coefficient (Wildman–Crippen LogP) is 4.60. The summed E-state index contributed by atoms with van der Waals surface area (Å²) in [6.45, 7) is 8.48. The number of hydrogen-bond acceptors (Lipinski definition) is 1. The van der Waals surface area contributed by atoms with E-state index in [1.54, 1.807) is 0 Å². The molecular formula is C14H24O. The average molecular weight is 208 g/mol. The second-order valence-electron chi connectivity index (χ2n) is 4.96. The molecule has 0 atom stereocenters. The van der Waals surface area contributed by atoms with Gasteiger partial charge in [0.25, 0.3) is 0 Å². The Bertz CT molecular complexity index is 247. The van der Waals surface area contributed by atoms with Crippen LogP contribution >= 0.6 is 0 Å². The van der Waals surface area contributed by atoms with Crippen molar-refractivity contribution in [1.29, 1.82) is 0 Å². The van der Waals surface area contributed by atoms with Crippen molar-refractivity contribution in [2.45, 2.75) is 65.9 Å². The quantitative estimate of drug-likeness (QED) is 0.486. The largest absolute Gasteiger partial charge is 0.491 e. The molecule has 1 heteroatoms. The van der Waals surface area contributed by atoms with Crippen LogP contribution in [0.1, 0.15) is 59.8 Å². The van der Waals surface area contributed by atoms with Crippen LogP contribution < -0.4 is 0 Å². The Hall–Kier alpha value is -0.720. The van der Waals surface area contributed by atoms with Gasteiger partial charge >= 0.3 is 0 Å². The lowest BCUT2D eigenvalue weighted by atomic mass is 9.97. The summed E-state index contributed by atoms with van der Waals surface area (Å²) in [6, 6.07) is 0. The van der Waals surface area contributed by atoms with Crippen LogP contribution in [-0.2, 0) is 4.74 Å². The molecule has 0 bridgehead atoms. The molecule has 1 rings (SSSR count). The molecule has 1 aliphatic carbocycles. The summed E-state index contributed by atoms with van der Waals surface area (Å²) in [5, 5.41) is 0. The lowest BCUT2D eigenvalue weighted by molar-refractivity contribution is 0.0880. The first-order valence-corrected chi connectivity index (χ1v) is 6.08. The topological polar surface area (TPSA) is 9.23 Å². The number of ether oxygens (including phenoxy) is 1. The molecule has 1 aliphatic rings. The number of rotatable bonds is 3. The molecule has 0 amide bonds. The van der Waals surface area contributed by atoms with Crippen LogP contribution in [-0.4, -0.2) is 6.10 Å². The van der Waals surface area contributed by atoms with E-state index in [-0.39, 0.29) is 0 Å². The van der Waals surface area contributed by atoms with Gasteiger partial charge in [-0.25, -0.2) is 0 Å². The van der Waals surface area contributed by atoms with E-state index < -0.39 is 0 Å². The molecule has 0 radical (unpaired) electrons. The monoisotopic (exact) mass is 208 g/mol. The molecule has 15 heavy (non-hydrogen) atoms. The van der Waals surface area contributed by atoms with E-state index in [2.05, 4.69) is 33.8 Å². The van der Waals surface area contributed by atoms with Gasteiger partial charge in [-0.15, -0.1) is 0 Å². The Morgan fingerprint density at radius 2 is 1.60 bits per heavy atom. The van der Waals surface area contributed by atoms with E-state index in [9.17, 15) is 0 Å². The van der Waals surface area contributed by atoms with E-state index in [1.165, 1.54) is 43.3 Å². The maximum absolute atomic E-state index is 6.07. The van der Waals surface area contributed by atoms with E-state index >= 15 is 0 Å². The van der Waals surface area contributed by atoms with Crippen LogP contribution in [0.4, 0.5) is 0 Å². The van der Waals surface area contributed by atoms with Gasteiger partial charge in [0, 0.05) is 0 Å². The van der Waals surface area contributed by atoms with Gasteiger partial charge in [-0.3, -0.25) is 0 Å². The normalized spacial score (nSPS) is 17.1. The van der Waals surface area contributed by atoms with Gasteiger partial charge in [0.1, 0.15) is 5.76 Å². The molecule has 0 saturated heterocycles. The standard InChI is InChI=1S/C14H24O/c1-11(2)10-14(12(3)4)15-13-8-6-5-7-9-13/h10,13H,5-9H2,1-4H3. The summed E-state index contributed by atoms with van der Waals surface area (Å²) >= 11 is 0. The molecule has 0 N–H and O–H groups in total. The molecule has 86 valence electrons. The lowest BCUT2D eigenvalue weighted by Crippen LogP contribution is -2.16. The highest BCUT2D eigenvalue weighted by Crippen LogP contribution is 2.24. The van der Waals surface area contributed by atoms with E-state index in [0.717, 1.165) is 5.76 Å². The highest BCUT2D eigenvalue weighted by Gasteiger charge is 2.15. The van der Waals surface area contributed by atoms with Gasteiger partial charge in [0.2, 0.25) is 0 Å². The van der Waals surface area contributed by atoms with Crippen LogP contribution in [0, 0.1) is 0 Å². The minimum Gasteiger partial charge on any atom is -0.491 e. The first-order chi connectivity index (χ1) is 7.09. The van der Waals surface area contributed by atoms with Crippen LogP contribution in [0.5, 0.6) is 0 Å². The molecule has 0 aromatic carbocycles. The molecule has 0 aromatic heterocycles. The summed E-state index contributed by atoms with van der Waals surface area (Å²) in [6.07, 6.45) is 9.11. The van der Waals surface area contributed by atoms with Crippen LogP contribution in [0.3, 0.4) is 0 Å². The third-order valence-corrected chi connectivity index (χ3v) is 2.76. The maximum atomic E-state index is 6.07. The third kappa shape index (κ3) is 4.55. The lowest BCUT2D eigenvalue weighted by Gasteiger charge is -2.24. The highest BCUT2D eigenvalue weighted by molar-refractivity contribution is 5.20. The molecule has 0 aromatic rings. The van der Waals surface area contributed by atoms with Crippen molar-refractivity contribution in [2.24, 2.45) is 0 Å². The Balaban J connectivity index is 2.59. The first kappa shape index (κ1) is 12.4. The smallest absolute Gasteiger partial charge is 0.118 e. The van der Waals surface area contributed by atoms with Gasteiger partial charge in [-0.2, -0.15) is 0 Å². The minimum atomic E-state index is 0.458. The fraction of sp³-hybridized carbons (Fsp3) is 0.714. The minimum absolute atomic E-state index is 0.458. The van der Waals surface area contributed by atoms with Crippen molar-refractivity contribution >= 4 is 0 Å². The van der Waals surface area contributed by atoms with Gasteiger partial charge in [0.05, 0.1) is 6.10 Å². The summed E-state index contributed by atoms with van der Waals surface area (Å²) in [5.74, 6) is 1.09. The molecule has 0 heterocycles. The van der Waals surface area contributed by atoms with Crippen LogP contribution in [0.15, 0.2) is 23.0 Å². The second-order valence-corrected chi connectivity index (χ2v) is 4.96. The summed E-state index contributed by atoms with van der Waals surface area (Å²) in [5.41, 5.74) is 2.59. The molecule has 0 unspecified atom stereocenters. The van der Waals surface area contributed by atoms with Crippen LogP contribution in [0.25, 0.3) is 0 Å². The Morgan fingerprint density at radius 3 is 2.07 bits per heavy atom. The maximum Gasteiger partial charge on any atom is 0.118 e. The van der Waals surface area contributed by atoms with Crippen molar-refractivity contribution in [3.63, 3.8) is 0 Å². The molecule has 1 nitrogen and oxygen atoms in total. The van der Waals surface area contributed by atoms with Gasteiger partial charge < -0.3 is 4.74 Å². The van der Waals surface area contributed by atoms with Crippen molar-refractivity contribution < 1.29 is 4.74 Å². The molecule has 0 spiro atoms. The van der Waals surface area contributed by atoms with Crippen molar-refractivity contribution in [1.82, 2.24) is 0 Å². The zero-order valence-corrected chi connectivity index (χ0v) is 10.6. The number of hydrogen-bond donors (Lipinski definition) is 0. The Morgan fingerprint density at radius 1 is 1.00 bits per heavy atom.